The second-order valence-corrected chi connectivity index (χ2v) is 5.95. The molecule has 0 spiro atoms. The van der Waals surface area contributed by atoms with Gasteiger partial charge in [-0.15, -0.1) is 6.58 Å². The van der Waals surface area contributed by atoms with E-state index < -0.39 is 15.8 Å². The molecule has 0 aromatic heterocycles. The van der Waals surface area contributed by atoms with Crippen LogP contribution in [0, 0.1) is 5.82 Å². The zero-order valence-electron chi connectivity index (χ0n) is 10.2. The van der Waals surface area contributed by atoms with Gasteiger partial charge >= 0.3 is 0 Å². The summed E-state index contributed by atoms with van der Waals surface area (Å²) < 4.78 is 45.4. The van der Waals surface area contributed by atoms with Gasteiger partial charge in [-0.05, 0) is 12.1 Å². The topological polar surface area (TPSA) is 81.4 Å². The maximum atomic E-state index is 13.5. The summed E-state index contributed by atoms with van der Waals surface area (Å²) in [7, 11) is -3.83. The summed E-state index contributed by atoms with van der Waals surface area (Å²) in [6.45, 7) is 3.73. The lowest BCUT2D eigenvalue weighted by atomic mass is 10.1. The number of nitrogens with one attached hydrogen (secondary N) is 1. The van der Waals surface area contributed by atoms with E-state index >= 15 is 0 Å². The summed E-state index contributed by atoms with van der Waals surface area (Å²) in [5.74, 6) is -0.424. The molecule has 0 fully saturated rings. The smallest absolute Gasteiger partial charge is 0.244 e. The first-order chi connectivity index (χ1) is 8.97. The molecule has 5 nitrogen and oxygen atoms in total. The van der Waals surface area contributed by atoms with Crippen molar-refractivity contribution in [3.8, 4) is 5.75 Å². The van der Waals surface area contributed by atoms with Crippen LogP contribution in [0.1, 0.15) is 5.56 Å². The van der Waals surface area contributed by atoms with Crippen LogP contribution >= 0.6 is 0 Å². The number of halogens is 1. The Bertz CT molecular complexity index is 601. The zero-order chi connectivity index (χ0) is 14.0. The minimum Gasteiger partial charge on any atom is -0.487 e. The van der Waals surface area contributed by atoms with Crippen molar-refractivity contribution >= 4 is 10.0 Å². The van der Waals surface area contributed by atoms with E-state index in [0.29, 0.717) is 12.0 Å². The van der Waals surface area contributed by atoms with E-state index in [0.717, 1.165) is 6.07 Å². The lowest BCUT2D eigenvalue weighted by Gasteiger charge is -2.11. The normalized spacial score (nSPS) is 17.9. The molecule has 1 aromatic rings. The highest BCUT2D eigenvalue weighted by Crippen LogP contribution is 2.35. The fraction of sp³-hybridized carbons (Fsp3) is 0.333. The molecule has 0 radical (unpaired) electrons. The van der Waals surface area contributed by atoms with Crippen LogP contribution in [0.2, 0.25) is 0 Å². The van der Waals surface area contributed by atoms with Crippen molar-refractivity contribution in [2.24, 2.45) is 5.73 Å². The largest absolute Gasteiger partial charge is 0.487 e. The van der Waals surface area contributed by atoms with Gasteiger partial charge in [-0.2, -0.15) is 0 Å². The van der Waals surface area contributed by atoms with Crippen molar-refractivity contribution in [1.82, 2.24) is 4.72 Å². The molecule has 1 heterocycles. The van der Waals surface area contributed by atoms with Gasteiger partial charge in [0.05, 0.1) is 0 Å². The molecule has 3 N–H and O–H groups in total. The minimum absolute atomic E-state index is 0.0634. The summed E-state index contributed by atoms with van der Waals surface area (Å²) in [4.78, 5) is -0.194. The van der Waals surface area contributed by atoms with Gasteiger partial charge in [-0.25, -0.2) is 17.5 Å². The lowest BCUT2D eigenvalue weighted by Crippen LogP contribution is -2.26. The Hall–Kier alpha value is -1.44. The number of nitrogens with two attached hydrogens (primary N) is 1. The van der Waals surface area contributed by atoms with E-state index in [-0.39, 0.29) is 29.8 Å². The Labute approximate surface area is 111 Å². The van der Waals surface area contributed by atoms with Crippen LogP contribution in [0.4, 0.5) is 4.39 Å². The summed E-state index contributed by atoms with van der Waals surface area (Å²) in [6.07, 6.45) is 1.50. The molecule has 1 aliphatic rings. The number of rotatable bonds is 5. The summed E-state index contributed by atoms with van der Waals surface area (Å²) in [5, 5.41) is 0. The van der Waals surface area contributed by atoms with Crippen molar-refractivity contribution in [3.05, 3.63) is 36.2 Å². The standard InChI is InChI=1S/C12H15FN2O3S/c1-2-3-15-19(16,17)11-6-9(13)4-8-5-10(7-14)18-12(8)11/h2,4,6,10,15H,1,3,5,7,14H2. The second-order valence-electron chi connectivity index (χ2n) is 4.21. The van der Waals surface area contributed by atoms with Crippen LogP contribution < -0.4 is 15.2 Å². The van der Waals surface area contributed by atoms with Gasteiger partial charge in [0, 0.05) is 25.1 Å². The predicted octanol–water partition coefficient (Wildman–Crippen LogP) is 0.552. The molecule has 0 saturated heterocycles. The van der Waals surface area contributed by atoms with Crippen molar-refractivity contribution in [2.75, 3.05) is 13.1 Å². The van der Waals surface area contributed by atoms with Gasteiger partial charge < -0.3 is 10.5 Å². The molecule has 7 heteroatoms. The molecule has 19 heavy (non-hydrogen) atoms. The molecular weight excluding hydrogens is 271 g/mol. The SMILES string of the molecule is C=CCNS(=O)(=O)c1cc(F)cc2c1OC(CN)C2. The third kappa shape index (κ3) is 2.78. The van der Waals surface area contributed by atoms with E-state index in [1.807, 2.05) is 0 Å². The molecule has 1 aromatic carbocycles. The quantitative estimate of drug-likeness (QED) is 0.775. The Morgan fingerprint density at radius 3 is 2.95 bits per heavy atom. The van der Waals surface area contributed by atoms with Crippen molar-refractivity contribution in [1.29, 1.82) is 0 Å². The summed E-state index contributed by atoms with van der Waals surface area (Å²) in [6, 6.07) is 2.22. The Morgan fingerprint density at radius 1 is 1.58 bits per heavy atom. The van der Waals surface area contributed by atoms with E-state index in [2.05, 4.69) is 11.3 Å². The van der Waals surface area contributed by atoms with Gasteiger partial charge in [0.25, 0.3) is 0 Å². The fourth-order valence-electron chi connectivity index (χ4n) is 1.94. The Kier molecular flexibility index (Phi) is 3.88. The van der Waals surface area contributed by atoms with Crippen LogP contribution in [-0.4, -0.2) is 27.6 Å². The molecule has 0 aliphatic carbocycles. The fourth-order valence-corrected chi connectivity index (χ4v) is 3.12. The number of fused-ring (bicyclic) bond motifs is 1. The first-order valence-electron chi connectivity index (χ1n) is 5.77. The van der Waals surface area contributed by atoms with Gasteiger partial charge in [-0.1, -0.05) is 6.08 Å². The molecule has 0 amide bonds. The zero-order valence-corrected chi connectivity index (χ0v) is 11.0. The molecule has 1 unspecified atom stereocenters. The monoisotopic (exact) mass is 286 g/mol. The number of sulfonamides is 1. The summed E-state index contributed by atoms with van der Waals surface area (Å²) >= 11 is 0. The highest BCUT2D eigenvalue weighted by molar-refractivity contribution is 7.89. The minimum atomic E-state index is -3.83. The third-order valence-electron chi connectivity index (χ3n) is 2.80. The predicted molar refractivity (Wildman–Crippen MR) is 69.0 cm³/mol. The molecule has 104 valence electrons. The first kappa shape index (κ1) is 14.0. The Morgan fingerprint density at radius 2 is 2.32 bits per heavy atom. The van der Waals surface area contributed by atoms with Gasteiger partial charge in [0.15, 0.2) is 0 Å². The molecular formula is C12H15FN2O3S. The van der Waals surface area contributed by atoms with E-state index in [1.54, 1.807) is 0 Å². The van der Waals surface area contributed by atoms with Gasteiger partial charge in [0.1, 0.15) is 22.6 Å². The first-order valence-corrected chi connectivity index (χ1v) is 7.26. The van der Waals surface area contributed by atoms with Crippen LogP contribution in [-0.2, 0) is 16.4 Å². The van der Waals surface area contributed by atoms with Crippen LogP contribution in [0.5, 0.6) is 5.75 Å². The molecule has 2 rings (SSSR count). The highest BCUT2D eigenvalue weighted by Gasteiger charge is 2.30. The van der Waals surface area contributed by atoms with Crippen molar-refractivity contribution < 1.29 is 17.5 Å². The van der Waals surface area contributed by atoms with Crippen molar-refractivity contribution in [2.45, 2.75) is 17.4 Å². The van der Waals surface area contributed by atoms with Crippen molar-refractivity contribution in [3.63, 3.8) is 0 Å². The molecule has 0 bridgehead atoms. The third-order valence-corrected chi connectivity index (χ3v) is 4.23. The van der Waals surface area contributed by atoms with Crippen LogP contribution in [0.15, 0.2) is 29.7 Å². The number of hydrogen-bond acceptors (Lipinski definition) is 4. The average molecular weight is 286 g/mol. The van der Waals surface area contributed by atoms with E-state index in [1.165, 1.54) is 12.1 Å². The average Bonchev–Trinajstić information content (AvgIpc) is 2.78. The molecule has 1 atom stereocenters. The lowest BCUT2D eigenvalue weighted by molar-refractivity contribution is 0.236. The van der Waals surface area contributed by atoms with Crippen LogP contribution in [0.3, 0.4) is 0 Å². The van der Waals surface area contributed by atoms with Crippen LogP contribution in [0.25, 0.3) is 0 Å². The molecule has 0 saturated carbocycles. The second kappa shape index (κ2) is 5.28. The Balaban J connectivity index is 2.45. The maximum absolute atomic E-state index is 13.5. The maximum Gasteiger partial charge on any atom is 0.244 e. The summed E-state index contributed by atoms with van der Waals surface area (Å²) in [5.41, 5.74) is 6.02. The highest BCUT2D eigenvalue weighted by atomic mass is 32.2. The number of ether oxygens (including phenoxy) is 1. The number of benzene rings is 1. The molecule has 1 aliphatic heterocycles. The van der Waals surface area contributed by atoms with Gasteiger partial charge in [0.2, 0.25) is 10.0 Å². The number of hydrogen-bond donors (Lipinski definition) is 2. The van der Waals surface area contributed by atoms with Gasteiger partial charge in [-0.3, -0.25) is 0 Å². The van der Waals surface area contributed by atoms with E-state index in [4.69, 9.17) is 10.5 Å². The van der Waals surface area contributed by atoms with E-state index in [9.17, 15) is 12.8 Å².